The summed E-state index contributed by atoms with van der Waals surface area (Å²) in [5.74, 6) is 0.623. The summed E-state index contributed by atoms with van der Waals surface area (Å²) in [6.07, 6.45) is 0. The summed E-state index contributed by atoms with van der Waals surface area (Å²) in [6.45, 7) is 9.18. The van der Waals surface area contributed by atoms with Crippen molar-refractivity contribution >= 4 is 40.7 Å². The van der Waals surface area contributed by atoms with Gasteiger partial charge in [-0.3, -0.25) is 14.5 Å². The number of nitrogens with zero attached hydrogens (tertiary/aromatic N) is 3. The molecule has 0 bridgehead atoms. The molecule has 2 aromatic heterocycles. The molecule has 1 atom stereocenters. The molecule has 0 aliphatic carbocycles. The van der Waals surface area contributed by atoms with Crippen molar-refractivity contribution in [2.24, 2.45) is 0 Å². The van der Waals surface area contributed by atoms with Gasteiger partial charge in [0, 0.05) is 29.5 Å². The fraction of sp³-hybridized carbons (Fsp3) is 0.423. The number of hydrogen-bond donors (Lipinski definition) is 1. The van der Waals surface area contributed by atoms with Gasteiger partial charge in [-0.15, -0.1) is 23.1 Å². The summed E-state index contributed by atoms with van der Waals surface area (Å²) in [5, 5.41) is 9.97. The Kier molecular flexibility index (Phi) is 7.68. The van der Waals surface area contributed by atoms with E-state index in [0.717, 1.165) is 22.5 Å². The molecule has 9 heteroatoms. The van der Waals surface area contributed by atoms with E-state index in [2.05, 4.69) is 43.6 Å². The molecule has 1 N–H and O–H groups in total. The number of methoxy groups -OCH3 is 1. The van der Waals surface area contributed by atoms with Crippen LogP contribution in [0, 0.1) is 6.92 Å². The first-order valence-corrected chi connectivity index (χ1v) is 13.5. The van der Waals surface area contributed by atoms with Gasteiger partial charge in [0.25, 0.3) is 0 Å². The summed E-state index contributed by atoms with van der Waals surface area (Å²) in [7, 11) is 1.59. The van der Waals surface area contributed by atoms with Gasteiger partial charge in [-0.05, 0) is 36.1 Å². The van der Waals surface area contributed by atoms with Gasteiger partial charge >= 0.3 is 0 Å². The maximum absolute atomic E-state index is 13.5. The van der Waals surface area contributed by atoms with E-state index in [1.165, 1.54) is 4.88 Å². The van der Waals surface area contributed by atoms with Crippen molar-refractivity contribution in [1.82, 2.24) is 15.1 Å². The number of thioether (sulfide) groups is 1. The summed E-state index contributed by atoms with van der Waals surface area (Å²) >= 11 is 3.28. The molecule has 1 aliphatic heterocycles. The molecular formula is C26H32N4O3S2. The molecule has 2 amide bonds. The molecule has 0 radical (unpaired) electrons. The Hall–Kier alpha value is -2.62. The average Bonchev–Trinajstić information content (AvgIpc) is 3.44. The second-order valence-corrected chi connectivity index (χ2v) is 11.7. The van der Waals surface area contributed by atoms with Crippen LogP contribution in [0.1, 0.15) is 47.7 Å². The lowest BCUT2D eigenvalue weighted by molar-refractivity contribution is -0.123. The number of hydrogen-bond acceptors (Lipinski definition) is 6. The average molecular weight is 513 g/mol. The van der Waals surface area contributed by atoms with Gasteiger partial charge in [0.2, 0.25) is 11.8 Å². The first-order chi connectivity index (χ1) is 16.7. The Balaban J connectivity index is 1.93. The van der Waals surface area contributed by atoms with Gasteiger partial charge < -0.3 is 10.1 Å². The van der Waals surface area contributed by atoms with Crippen LogP contribution in [0.4, 0.5) is 5.82 Å². The Bertz CT molecular complexity index is 1200. The van der Waals surface area contributed by atoms with Crippen LogP contribution < -0.4 is 10.2 Å². The fourth-order valence-electron chi connectivity index (χ4n) is 4.17. The summed E-state index contributed by atoms with van der Waals surface area (Å²) in [6, 6.07) is 12.2. The Morgan fingerprint density at radius 2 is 2.06 bits per heavy atom. The van der Waals surface area contributed by atoms with Gasteiger partial charge in [0.15, 0.2) is 0 Å². The Morgan fingerprint density at radius 1 is 1.26 bits per heavy atom. The van der Waals surface area contributed by atoms with Gasteiger partial charge in [-0.25, -0.2) is 4.68 Å². The van der Waals surface area contributed by atoms with Crippen molar-refractivity contribution < 1.29 is 14.3 Å². The molecule has 7 nitrogen and oxygen atoms in total. The quantitative estimate of drug-likeness (QED) is 0.473. The van der Waals surface area contributed by atoms with Crippen LogP contribution in [0.15, 0.2) is 41.8 Å². The molecule has 0 fully saturated rings. The zero-order chi connectivity index (χ0) is 25.2. The number of nitrogens with one attached hydrogen (secondary N) is 1. The van der Waals surface area contributed by atoms with E-state index in [0.29, 0.717) is 19.0 Å². The zero-order valence-electron chi connectivity index (χ0n) is 20.8. The number of aromatic nitrogens is 2. The third-order valence-corrected chi connectivity index (χ3v) is 8.10. The molecule has 1 aliphatic rings. The maximum Gasteiger partial charge on any atom is 0.240 e. The maximum atomic E-state index is 13.5. The van der Waals surface area contributed by atoms with E-state index in [1.54, 1.807) is 35.1 Å². The van der Waals surface area contributed by atoms with E-state index >= 15 is 0 Å². The lowest BCUT2D eigenvalue weighted by Crippen LogP contribution is -2.43. The van der Waals surface area contributed by atoms with Crippen molar-refractivity contribution in [1.29, 1.82) is 0 Å². The number of anilines is 1. The SMILES string of the molecule is COCCNC(=O)CN1C(=O)CS[C@@H](c2cccs2)c2c(C(C)(C)C)nn(-c3cccc(C)c3)c21. The van der Waals surface area contributed by atoms with Crippen LogP contribution in [-0.4, -0.2) is 54.2 Å². The second kappa shape index (κ2) is 10.6. The molecule has 186 valence electrons. The van der Waals surface area contributed by atoms with Crippen molar-refractivity contribution in [3.05, 3.63) is 63.5 Å². The van der Waals surface area contributed by atoms with Gasteiger partial charge in [-0.1, -0.05) is 39.0 Å². The van der Waals surface area contributed by atoms with Crippen molar-refractivity contribution in [3.8, 4) is 5.69 Å². The summed E-state index contributed by atoms with van der Waals surface area (Å²) in [5.41, 5.74) is 3.62. The normalized spacial score (nSPS) is 16.2. The Labute approximate surface area is 214 Å². The standard InChI is InChI=1S/C26H32N4O3S2/c1-17-8-6-9-18(14-17)30-25-22(24(28-30)26(2,3)4)23(19-10-7-13-34-19)35-16-21(32)29(25)15-20(31)27-11-12-33-5/h6-10,13-14,23H,11-12,15-16H2,1-5H3,(H,27,31)/t23-/m0/s1. The number of amides is 2. The lowest BCUT2D eigenvalue weighted by atomic mass is 9.88. The molecule has 0 saturated heterocycles. The molecule has 4 rings (SSSR count). The highest BCUT2D eigenvalue weighted by Gasteiger charge is 2.40. The number of aryl methyl sites for hydroxylation is 1. The van der Waals surface area contributed by atoms with Crippen LogP contribution in [-0.2, 0) is 19.7 Å². The molecule has 3 aromatic rings. The minimum atomic E-state index is -0.269. The van der Waals surface area contributed by atoms with E-state index in [9.17, 15) is 9.59 Å². The van der Waals surface area contributed by atoms with Gasteiger partial charge in [-0.2, -0.15) is 5.10 Å². The molecule has 0 spiro atoms. The van der Waals surface area contributed by atoms with Crippen LogP contribution in [0.3, 0.4) is 0 Å². The summed E-state index contributed by atoms with van der Waals surface area (Å²) < 4.78 is 6.91. The number of carbonyl (C=O) groups excluding carboxylic acids is 2. The third-order valence-electron chi connectivity index (χ3n) is 5.78. The molecule has 35 heavy (non-hydrogen) atoms. The topological polar surface area (TPSA) is 76.5 Å². The lowest BCUT2D eigenvalue weighted by Gasteiger charge is -2.24. The monoisotopic (exact) mass is 512 g/mol. The number of fused-ring (bicyclic) bond motifs is 1. The molecular weight excluding hydrogens is 480 g/mol. The minimum Gasteiger partial charge on any atom is -0.383 e. The van der Waals surface area contributed by atoms with Crippen molar-refractivity contribution in [2.75, 3.05) is 37.5 Å². The first kappa shape index (κ1) is 25.5. The highest BCUT2D eigenvalue weighted by atomic mass is 32.2. The highest BCUT2D eigenvalue weighted by molar-refractivity contribution is 8.00. The van der Waals surface area contributed by atoms with Gasteiger partial charge in [0.1, 0.15) is 12.4 Å². The van der Waals surface area contributed by atoms with Crippen LogP contribution in [0.5, 0.6) is 0 Å². The van der Waals surface area contributed by atoms with E-state index in [1.807, 2.05) is 35.9 Å². The van der Waals surface area contributed by atoms with E-state index in [4.69, 9.17) is 9.84 Å². The van der Waals surface area contributed by atoms with Crippen LogP contribution in [0.2, 0.25) is 0 Å². The molecule has 0 saturated carbocycles. The van der Waals surface area contributed by atoms with E-state index < -0.39 is 0 Å². The number of carbonyl (C=O) groups is 2. The minimum absolute atomic E-state index is 0.0525. The summed E-state index contributed by atoms with van der Waals surface area (Å²) in [4.78, 5) is 29.2. The smallest absolute Gasteiger partial charge is 0.240 e. The van der Waals surface area contributed by atoms with Crippen LogP contribution >= 0.6 is 23.1 Å². The second-order valence-electron chi connectivity index (χ2n) is 9.62. The number of rotatable bonds is 7. The van der Waals surface area contributed by atoms with Crippen molar-refractivity contribution in [2.45, 2.75) is 38.4 Å². The highest BCUT2D eigenvalue weighted by Crippen LogP contribution is 2.49. The first-order valence-electron chi connectivity index (χ1n) is 11.6. The number of thiophene rings is 1. The third kappa shape index (κ3) is 5.47. The largest absolute Gasteiger partial charge is 0.383 e. The van der Waals surface area contributed by atoms with Crippen LogP contribution in [0.25, 0.3) is 5.69 Å². The Morgan fingerprint density at radius 3 is 2.71 bits per heavy atom. The van der Waals surface area contributed by atoms with Gasteiger partial charge in [0.05, 0.1) is 29.0 Å². The predicted molar refractivity (Wildman–Crippen MR) is 143 cm³/mol. The number of benzene rings is 1. The zero-order valence-corrected chi connectivity index (χ0v) is 22.5. The molecule has 0 unspecified atom stereocenters. The van der Waals surface area contributed by atoms with Crippen molar-refractivity contribution in [3.63, 3.8) is 0 Å². The molecule has 1 aromatic carbocycles. The fourth-order valence-corrected chi connectivity index (χ4v) is 6.35. The van der Waals surface area contributed by atoms with E-state index in [-0.39, 0.29) is 34.8 Å². The molecule has 3 heterocycles. The number of ether oxygens (including phenoxy) is 1. The predicted octanol–water partition coefficient (Wildman–Crippen LogP) is 4.47.